The maximum Gasteiger partial charge on any atom is 0.223 e. The highest BCUT2D eigenvalue weighted by Crippen LogP contribution is 2.26. The largest absolute Gasteiger partial charge is 0.497 e. The lowest BCUT2D eigenvalue weighted by atomic mass is 9.85. The molecule has 2 aliphatic carbocycles. The number of hydrogen-bond donors (Lipinski definition) is 3. The number of hydrogen-bond acceptors (Lipinski definition) is 4. The third-order valence-electron chi connectivity index (χ3n) is 5.47. The molecule has 29 heavy (non-hydrogen) atoms. The van der Waals surface area contributed by atoms with E-state index in [-0.39, 0.29) is 24.0 Å². The Morgan fingerprint density at radius 3 is 2.69 bits per heavy atom. The number of ether oxygens (including phenoxy) is 2. The molecule has 0 spiro atoms. The zero-order valence-electron chi connectivity index (χ0n) is 17.7. The predicted molar refractivity (Wildman–Crippen MR) is 114 cm³/mol. The summed E-state index contributed by atoms with van der Waals surface area (Å²) in [7, 11) is 3.41. The van der Waals surface area contributed by atoms with Gasteiger partial charge in [-0.2, -0.15) is 0 Å². The molecule has 3 rings (SSSR count). The second kappa shape index (κ2) is 10.4. The average Bonchev–Trinajstić information content (AvgIpc) is 3.55. The SMILES string of the molecule is CN=C(NCC(C)Oc1cccc(OC)c1)NC1CCCC(C(=O)NC2CC2)C1. The van der Waals surface area contributed by atoms with Crippen molar-refractivity contribution in [1.82, 2.24) is 16.0 Å². The fourth-order valence-corrected chi connectivity index (χ4v) is 3.68. The van der Waals surface area contributed by atoms with Gasteiger partial charge in [0.15, 0.2) is 5.96 Å². The lowest BCUT2D eigenvalue weighted by Crippen LogP contribution is -2.48. The molecule has 1 aromatic rings. The van der Waals surface area contributed by atoms with Crippen molar-refractivity contribution in [1.29, 1.82) is 0 Å². The van der Waals surface area contributed by atoms with Crippen molar-refractivity contribution < 1.29 is 14.3 Å². The Kier molecular flexibility index (Phi) is 7.61. The van der Waals surface area contributed by atoms with E-state index in [2.05, 4.69) is 20.9 Å². The summed E-state index contributed by atoms with van der Waals surface area (Å²) in [4.78, 5) is 16.7. The maximum atomic E-state index is 12.4. The number of methoxy groups -OCH3 is 1. The van der Waals surface area contributed by atoms with Crippen molar-refractivity contribution in [2.45, 2.75) is 63.6 Å². The molecule has 1 amide bonds. The van der Waals surface area contributed by atoms with E-state index < -0.39 is 0 Å². The third kappa shape index (κ3) is 6.84. The summed E-state index contributed by atoms with van der Waals surface area (Å²) in [5, 5.41) is 9.96. The number of carbonyl (C=O) groups is 1. The van der Waals surface area contributed by atoms with Gasteiger partial charge < -0.3 is 25.4 Å². The van der Waals surface area contributed by atoms with E-state index in [1.54, 1.807) is 14.2 Å². The normalized spacial score (nSPS) is 23.1. The highest BCUT2D eigenvalue weighted by atomic mass is 16.5. The van der Waals surface area contributed by atoms with Gasteiger partial charge in [0.1, 0.15) is 17.6 Å². The first-order chi connectivity index (χ1) is 14.1. The molecule has 0 saturated heterocycles. The number of carbonyl (C=O) groups excluding carboxylic acids is 1. The Bertz CT molecular complexity index is 705. The number of guanidine groups is 1. The van der Waals surface area contributed by atoms with Crippen LogP contribution in [-0.4, -0.2) is 50.8 Å². The van der Waals surface area contributed by atoms with Gasteiger partial charge in [-0.15, -0.1) is 0 Å². The molecule has 0 radical (unpaired) electrons. The number of nitrogens with zero attached hydrogens (tertiary/aromatic N) is 1. The van der Waals surface area contributed by atoms with Gasteiger partial charge in [0.05, 0.1) is 13.7 Å². The third-order valence-corrected chi connectivity index (χ3v) is 5.47. The van der Waals surface area contributed by atoms with Crippen LogP contribution >= 0.6 is 0 Å². The minimum atomic E-state index is -0.0379. The first-order valence-corrected chi connectivity index (χ1v) is 10.7. The van der Waals surface area contributed by atoms with Gasteiger partial charge in [-0.05, 0) is 51.2 Å². The fraction of sp³-hybridized carbons (Fsp3) is 0.636. The van der Waals surface area contributed by atoms with Crippen LogP contribution in [0.2, 0.25) is 0 Å². The second-order valence-electron chi connectivity index (χ2n) is 8.05. The van der Waals surface area contributed by atoms with Gasteiger partial charge in [0.25, 0.3) is 0 Å². The highest BCUT2D eigenvalue weighted by Gasteiger charge is 2.31. The number of nitrogens with one attached hydrogen (secondary N) is 3. The van der Waals surface area contributed by atoms with E-state index in [1.807, 2.05) is 31.2 Å². The number of benzene rings is 1. The summed E-state index contributed by atoms with van der Waals surface area (Å²) in [6, 6.07) is 8.28. The summed E-state index contributed by atoms with van der Waals surface area (Å²) in [5.74, 6) is 2.63. The van der Waals surface area contributed by atoms with E-state index in [0.717, 1.165) is 56.0 Å². The molecular formula is C22H34N4O3. The highest BCUT2D eigenvalue weighted by molar-refractivity contribution is 5.81. The number of aliphatic imine (C=N–C) groups is 1. The maximum absolute atomic E-state index is 12.4. The number of rotatable bonds is 8. The van der Waals surface area contributed by atoms with Gasteiger partial charge >= 0.3 is 0 Å². The molecule has 160 valence electrons. The van der Waals surface area contributed by atoms with Crippen LogP contribution < -0.4 is 25.4 Å². The molecule has 0 bridgehead atoms. The van der Waals surface area contributed by atoms with Crippen molar-refractivity contribution in [3.63, 3.8) is 0 Å². The van der Waals surface area contributed by atoms with E-state index in [9.17, 15) is 4.79 Å². The van der Waals surface area contributed by atoms with Crippen LogP contribution in [0.3, 0.4) is 0 Å². The van der Waals surface area contributed by atoms with Gasteiger partial charge in [-0.3, -0.25) is 9.79 Å². The molecule has 2 aliphatic rings. The lowest BCUT2D eigenvalue weighted by molar-refractivity contribution is -0.126. The van der Waals surface area contributed by atoms with E-state index >= 15 is 0 Å². The first-order valence-electron chi connectivity index (χ1n) is 10.7. The van der Waals surface area contributed by atoms with Crippen LogP contribution in [0.4, 0.5) is 0 Å². The van der Waals surface area contributed by atoms with Crippen LogP contribution in [0.15, 0.2) is 29.3 Å². The molecule has 3 unspecified atom stereocenters. The Balaban J connectivity index is 1.42. The minimum absolute atomic E-state index is 0.0379. The monoisotopic (exact) mass is 402 g/mol. The molecule has 7 heteroatoms. The summed E-state index contributed by atoms with van der Waals surface area (Å²) in [6.07, 6.45) is 6.18. The molecule has 0 aromatic heterocycles. The molecule has 0 aliphatic heterocycles. The summed E-state index contributed by atoms with van der Waals surface area (Å²) in [5.41, 5.74) is 0. The van der Waals surface area contributed by atoms with E-state index in [4.69, 9.17) is 9.47 Å². The summed E-state index contributed by atoms with van der Waals surface area (Å²) < 4.78 is 11.2. The Labute approximate surface area is 173 Å². The Morgan fingerprint density at radius 1 is 1.17 bits per heavy atom. The predicted octanol–water partition coefficient (Wildman–Crippen LogP) is 2.46. The zero-order valence-corrected chi connectivity index (χ0v) is 17.7. The molecule has 3 atom stereocenters. The van der Waals surface area contributed by atoms with Crippen LogP contribution in [0.25, 0.3) is 0 Å². The Morgan fingerprint density at radius 2 is 1.97 bits per heavy atom. The number of amides is 1. The van der Waals surface area contributed by atoms with Gasteiger partial charge in [-0.1, -0.05) is 12.5 Å². The molecule has 1 aromatic carbocycles. The molecule has 2 saturated carbocycles. The van der Waals surface area contributed by atoms with Gasteiger partial charge in [-0.25, -0.2) is 0 Å². The molecule has 7 nitrogen and oxygen atoms in total. The van der Waals surface area contributed by atoms with Crippen molar-refractivity contribution in [2.24, 2.45) is 10.9 Å². The van der Waals surface area contributed by atoms with Crippen LogP contribution in [0.1, 0.15) is 45.4 Å². The molecule has 3 N–H and O–H groups in total. The average molecular weight is 403 g/mol. The van der Waals surface area contributed by atoms with E-state index in [0.29, 0.717) is 12.6 Å². The van der Waals surface area contributed by atoms with E-state index in [1.165, 1.54) is 0 Å². The van der Waals surface area contributed by atoms with Crippen LogP contribution in [0, 0.1) is 5.92 Å². The Hall–Kier alpha value is -2.44. The topological polar surface area (TPSA) is 84.0 Å². The van der Waals surface area contributed by atoms with Crippen molar-refractivity contribution in [3.8, 4) is 11.5 Å². The molecule has 2 fully saturated rings. The van der Waals surface area contributed by atoms with Crippen LogP contribution in [0.5, 0.6) is 11.5 Å². The van der Waals surface area contributed by atoms with Crippen molar-refractivity contribution >= 4 is 11.9 Å². The van der Waals surface area contributed by atoms with Crippen molar-refractivity contribution in [3.05, 3.63) is 24.3 Å². The van der Waals surface area contributed by atoms with Gasteiger partial charge in [0, 0.05) is 31.1 Å². The smallest absolute Gasteiger partial charge is 0.223 e. The second-order valence-corrected chi connectivity index (χ2v) is 8.05. The summed E-state index contributed by atoms with van der Waals surface area (Å²) >= 11 is 0. The summed E-state index contributed by atoms with van der Waals surface area (Å²) in [6.45, 7) is 2.63. The standard InChI is InChI=1S/C22H34N4O3/c1-15(29-20-9-5-8-19(13-20)28-3)14-24-22(23-2)26-18-7-4-6-16(12-18)21(27)25-17-10-11-17/h5,8-9,13,15-18H,4,6-7,10-12,14H2,1-3H3,(H,25,27)(H2,23,24,26). The first kappa shape index (κ1) is 21.3. The van der Waals surface area contributed by atoms with Crippen LogP contribution in [-0.2, 0) is 4.79 Å². The fourth-order valence-electron chi connectivity index (χ4n) is 3.68. The zero-order chi connectivity index (χ0) is 20.6. The molecule has 0 heterocycles. The lowest BCUT2D eigenvalue weighted by Gasteiger charge is -2.30. The van der Waals surface area contributed by atoms with Gasteiger partial charge in [0.2, 0.25) is 5.91 Å². The quantitative estimate of drug-likeness (QED) is 0.460. The minimum Gasteiger partial charge on any atom is -0.497 e. The molecular weight excluding hydrogens is 368 g/mol. The van der Waals surface area contributed by atoms with Crippen molar-refractivity contribution in [2.75, 3.05) is 20.7 Å².